The standard InChI is InChI=1S/C20H23F3N4/c1-13(2)27(14(3)4)26-25-19-16(11-8-12-17(19)20(21,22)23)18(24)15-9-6-5-7-10-15/h5-14,24H,1-4H3. The van der Waals surface area contributed by atoms with Crippen LogP contribution in [0.1, 0.15) is 44.4 Å². The summed E-state index contributed by atoms with van der Waals surface area (Å²) in [4.78, 5) is 0. The molecule has 7 heteroatoms. The van der Waals surface area contributed by atoms with Crippen molar-refractivity contribution in [2.24, 2.45) is 10.3 Å². The van der Waals surface area contributed by atoms with Gasteiger partial charge in [0.1, 0.15) is 5.69 Å². The molecule has 0 fully saturated rings. The Morgan fingerprint density at radius 2 is 1.52 bits per heavy atom. The number of halogens is 3. The van der Waals surface area contributed by atoms with Crippen LogP contribution in [-0.4, -0.2) is 22.8 Å². The van der Waals surface area contributed by atoms with Crippen molar-refractivity contribution in [2.75, 3.05) is 0 Å². The number of benzene rings is 2. The Bertz CT molecular complexity index is 804. The lowest BCUT2D eigenvalue weighted by Gasteiger charge is -2.26. The number of nitrogens with zero attached hydrogens (tertiary/aromatic N) is 3. The molecule has 0 aliphatic heterocycles. The normalized spacial score (nSPS) is 12.2. The highest BCUT2D eigenvalue weighted by atomic mass is 19.4. The minimum absolute atomic E-state index is 0.0242. The summed E-state index contributed by atoms with van der Waals surface area (Å²) in [5.41, 5.74) is -0.677. The Balaban J connectivity index is 2.60. The van der Waals surface area contributed by atoms with Gasteiger partial charge in [-0.2, -0.15) is 13.2 Å². The zero-order valence-corrected chi connectivity index (χ0v) is 15.7. The lowest BCUT2D eigenvalue weighted by atomic mass is 9.98. The zero-order chi connectivity index (χ0) is 20.2. The van der Waals surface area contributed by atoms with Gasteiger partial charge in [0.2, 0.25) is 0 Å². The molecule has 0 saturated carbocycles. The molecule has 2 aromatic carbocycles. The maximum atomic E-state index is 13.6. The second kappa shape index (κ2) is 8.33. The lowest BCUT2D eigenvalue weighted by molar-refractivity contribution is -0.137. The van der Waals surface area contributed by atoms with Gasteiger partial charge >= 0.3 is 6.18 Å². The summed E-state index contributed by atoms with van der Waals surface area (Å²) in [6.45, 7) is 7.56. The first-order chi connectivity index (χ1) is 12.6. The fourth-order valence-electron chi connectivity index (χ4n) is 2.74. The van der Waals surface area contributed by atoms with Crippen LogP contribution in [0.2, 0.25) is 0 Å². The van der Waals surface area contributed by atoms with Crippen LogP contribution in [0.5, 0.6) is 0 Å². The summed E-state index contributed by atoms with van der Waals surface area (Å²) in [6.07, 6.45) is -4.60. The van der Waals surface area contributed by atoms with E-state index in [0.717, 1.165) is 6.07 Å². The van der Waals surface area contributed by atoms with Gasteiger partial charge in [0.25, 0.3) is 0 Å². The molecule has 0 bridgehead atoms. The molecule has 144 valence electrons. The fourth-order valence-corrected chi connectivity index (χ4v) is 2.74. The zero-order valence-electron chi connectivity index (χ0n) is 15.7. The monoisotopic (exact) mass is 376 g/mol. The van der Waals surface area contributed by atoms with Gasteiger partial charge in [-0.05, 0) is 33.8 Å². The van der Waals surface area contributed by atoms with E-state index in [2.05, 4.69) is 10.3 Å². The van der Waals surface area contributed by atoms with Crippen molar-refractivity contribution < 1.29 is 13.2 Å². The van der Waals surface area contributed by atoms with Gasteiger partial charge < -0.3 is 0 Å². The summed E-state index contributed by atoms with van der Waals surface area (Å²) >= 11 is 0. The van der Waals surface area contributed by atoms with E-state index in [0.29, 0.717) is 5.56 Å². The minimum atomic E-state index is -4.60. The molecule has 0 aromatic heterocycles. The second-order valence-electron chi connectivity index (χ2n) is 6.70. The Morgan fingerprint density at radius 3 is 2.04 bits per heavy atom. The third kappa shape index (κ3) is 4.93. The van der Waals surface area contributed by atoms with Crippen molar-refractivity contribution in [2.45, 2.75) is 46.0 Å². The summed E-state index contributed by atoms with van der Waals surface area (Å²) in [5.74, 6) is 0. The first-order valence-corrected chi connectivity index (χ1v) is 8.67. The molecule has 0 amide bonds. The van der Waals surface area contributed by atoms with Gasteiger partial charge in [-0.15, -0.1) is 5.11 Å². The van der Waals surface area contributed by atoms with Crippen molar-refractivity contribution in [3.63, 3.8) is 0 Å². The average Bonchev–Trinajstić information content (AvgIpc) is 2.60. The number of nitrogens with one attached hydrogen (secondary N) is 1. The Morgan fingerprint density at radius 1 is 0.926 bits per heavy atom. The van der Waals surface area contributed by atoms with E-state index in [1.54, 1.807) is 35.3 Å². The highest BCUT2D eigenvalue weighted by molar-refractivity contribution is 6.14. The molecule has 4 nitrogen and oxygen atoms in total. The van der Waals surface area contributed by atoms with Gasteiger partial charge in [0, 0.05) is 23.2 Å². The van der Waals surface area contributed by atoms with Crippen LogP contribution in [0.15, 0.2) is 58.9 Å². The van der Waals surface area contributed by atoms with Gasteiger partial charge in [-0.1, -0.05) is 47.7 Å². The van der Waals surface area contributed by atoms with E-state index in [-0.39, 0.29) is 29.0 Å². The van der Waals surface area contributed by atoms with Crippen LogP contribution in [0.25, 0.3) is 0 Å². The quantitative estimate of drug-likeness (QED) is 0.362. The average molecular weight is 376 g/mol. The Labute approximate surface area is 157 Å². The van der Waals surface area contributed by atoms with Crippen LogP contribution >= 0.6 is 0 Å². The minimum Gasteiger partial charge on any atom is -0.300 e. The molecule has 1 N–H and O–H groups in total. The molecular weight excluding hydrogens is 353 g/mol. The fraction of sp³-hybridized carbons (Fsp3) is 0.350. The Kier molecular flexibility index (Phi) is 6.36. The van der Waals surface area contributed by atoms with Crippen LogP contribution < -0.4 is 0 Å². The van der Waals surface area contributed by atoms with E-state index < -0.39 is 11.7 Å². The number of rotatable bonds is 6. The predicted octanol–water partition coefficient (Wildman–Crippen LogP) is 6.24. The molecule has 0 unspecified atom stereocenters. The highest BCUT2D eigenvalue weighted by Gasteiger charge is 2.35. The van der Waals surface area contributed by atoms with E-state index >= 15 is 0 Å². The molecule has 0 spiro atoms. The van der Waals surface area contributed by atoms with Gasteiger partial charge in [-0.3, -0.25) is 10.4 Å². The molecule has 0 atom stereocenters. The largest absolute Gasteiger partial charge is 0.418 e. The summed E-state index contributed by atoms with van der Waals surface area (Å²) < 4.78 is 40.7. The van der Waals surface area contributed by atoms with E-state index in [1.807, 2.05) is 27.7 Å². The smallest absolute Gasteiger partial charge is 0.300 e. The molecule has 2 rings (SSSR count). The van der Waals surface area contributed by atoms with Crippen molar-refractivity contribution in [3.8, 4) is 0 Å². The van der Waals surface area contributed by atoms with Crippen molar-refractivity contribution >= 4 is 11.4 Å². The third-order valence-corrected chi connectivity index (χ3v) is 3.98. The van der Waals surface area contributed by atoms with Crippen molar-refractivity contribution in [3.05, 3.63) is 65.2 Å². The highest BCUT2D eigenvalue weighted by Crippen LogP contribution is 2.39. The van der Waals surface area contributed by atoms with Crippen molar-refractivity contribution in [1.82, 2.24) is 5.01 Å². The molecule has 0 saturated heterocycles. The molecule has 0 aliphatic carbocycles. The maximum Gasteiger partial charge on any atom is 0.418 e. The topological polar surface area (TPSA) is 51.8 Å². The van der Waals surface area contributed by atoms with E-state index in [4.69, 9.17) is 5.41 Å². The molecule has 27 heavy (non-hydrogen) atoms. The third-order valence-electron chi connectivity index (χ3n) is 3.98. The van der Waals surface area contributed by atoms with Gasteiger partial charge in [0.05, 0.1) is 11.3 Å². The molecule has 2 aromatic rings. The first-order valence-electron chi connectivity index (χ1n) is 8.67. The summed E-state index contributed by atoms with van der Waals surface area (Å²) in [7, 11) is 0. The number of hydrogen-bond donors (Lipinski definition) is 1. The summed E-state index contributed by atoms with van der Waals surface area (Å²) in [6, 6.07) is 12.3. The van der Waals surface area contributed by atoms with Gasteiger partial charge in [0.15, 0.2) is 0 Å². The number of alkyl halides is 3. The van der Waals surface area contributed by atoms with E-state index in [9.17, 15) is 13.2 Å². The molecule has 0 aliphatic rings. The maximum absolute atomic E-state index is 13.6. The molecule has 0 radical (unpaired) electrons. The SMILES string of the molecule is CC(C)N(N=Nc1c(C(=N)c2ccccc2)cccc1C(F)(F)F)C(C)C. The first kappa shape index (κ1) is 20.6. The van der Waals surface area contributed by atoms with Crippen LogP contribution in [0, 0.1) is 5.41 Å². The summed E-state index contributed by atoms with van der Waals surface area (Å²) in [5, 5.41) is 18.0. The molecule has 0 heterocycles. The van der Waals surface area contributed by atoms with Crippen LogP contribution in [-0.2, 0) is 6.18 Å². The van der Waals surface area contributed by atoms with Crippen molar-refractivity contribution in [1.29, 1.82) is 5.41 Å². The van der Waals surface area contributed by atoms with Crippen LogP contribution in [0.3, 0.4) is 0 Å². The van der Waals surface area contributed by atoms with Gasteiger partial charge in [-0.25, -0.2) is 0 Å². The van der Waals surface area contributed by atoms with E-state index in [1.165, 1.54) is 12.1 Å². The number of hydrogen-bond acceptors (Lipinski definition) is 3. The predicted molar refractivity (Wildman–Crippen MR) is 100 cm³/mol. The lowest BCUT2D eigenvalue weighted by Crippen LogP contribution is -2.31. The second-order valence-corrected chi connectivity index (χ2v) is 6.70. The van der Waals surface area contributed by atoms with Crippen LogP contribution in [0.4, 0.5) is 18.9 Å². The molecular formula is C20H23F3N4. The Hall–Kier alpha value is -2.70.